The van der Waals surface area contributed by atoms with Crippen molar-refractivity contribution in [3.05, 3.63) is 29.3 Å². The lowest BCUT2D eigenvalue weighted by molar-refractivity contribution is 0.0639. The lowest BCUT2D eigenvalue weighted by Gasteiger charge is -2.44. The summed E-state index contributed by atoms with van der Waals surface area (Å²) in [5.41, 5.74) is 2.83. The normalized spacial score (nSPS) is 34.5. The van der Waals surface area contributed by atoms with Gasteiger partial charge in [-0.25, -0.2) is 12.7 Å². The smallest absolute Gasteiger partial charge is 0.211 e. The maximum Gasteiger partial charge on any atom is 0.211 e. The molecule has 174 valence electrons. The van der Waals surface area contributed by atoms with Crippen LogP contribution in [0.25, 0.3) is 0 Å². The first kappa shape index (κ1) is 23.0. The van der Waals surface area contributed by atoms with Gasteiger partial charge in [-0.3, -0.25) is 0 Å². The van der Waals surface area contributed by atoms with Gasteiger partial charge in [-0.2, -0.15) is 0 Å². The van der Waals surface area contributed by atoms with E-state index in [2.05, 4.69) is 50.9 Å². The molecule has 4 atom stereocenters. The third kappa shape index (κ3) is 3.92. The second kappa shape index (κ2) is 7.72. The van der Waals surface area contributed by atoms with Gasteiger partial charge in [0.1, 0.15) is 5.75 Å². The summed E-state index contributed by atoms with van der Waals surface area (Å²) in [5.74, 6) is 0.859. The molecule has 3 aliphatic rings. The van der Waals surface area contributed by atoms with Crippen molar-refractivity contribution in [3.8, 4) is 5.75 Å². The fourth-order valence-electron chi connectivity index (χ4n) is 7.46. The number of phenols is 1. The molecule has 1 aromatic carbocycles. The quantitative estimate of drug-likeness (QED) is 0.748. The lowest BCUT2D eigenvalue weighted by Crippen LogP contribution is -2.56. The van der Waals surface area contributed by atoms with E-state index in [1.165, 1.54) is 17.4 Å². The Hall–Kier alpha value is -1.15. The molecule has 31 heavy (non-hydrogen) atoms. The molecule has 0 radical (unpaired) electrons. The number of rotatable bonds is 5. The van der Waals surface area contributed by atoms with Crippen LogP contribution in [-0.4, -0.2) is 86.7 Å². The predicted molar refractivity (Wildman–Crippen MR) is 125 cm³/mol. The first-order valence-electron chi connectivity index (χ1n) is 11.5. The molecule has 1 N–H and O–H groups in total. The number of aromatic hydroxyl groups is 1. The summed E-state index contributed by atoms with van der Waals surface area (Å²) in [6.45, 7) is 7.06. The summed E-state index contributed by atoms with van der Waals surface area (Å²) >= 11 is 0. The standard InChI is InChI=1S/C24H39N3O3S/c1-23-14-18-7-8-19(28)13-20(18)24(2,16-23)22(21(23)25(3)4)26(5)15-17-9-11-27(12-10-17)31(6,29)30/h7-8,13,17,21-22,28H,9-12,14-16H2,1-6H3/t21?,22-,23?,24+/m0/s1. The minimum Gasteiger partial charge on any atom is -0.508 e. The van der Waals surface area contributed by atoms with Crippen LogP contribution in [-0.2, 0) is 21.9 Å². The Morgan fingerprint density at radius 3 is 2.35 bits per heavy atom. The Labute approximate surface area is 188 Å². The zero-order valence-corrected chi connectivity index (χ0v) is 20.7. The van der Waals surface area contributed by atoms with Crippen molar-refractivity contribution < 1.29 is 13.5 Å². The minimum absolute atomic E-state index is 0.0295. The van der Waals surface area contributed by atoms with Crippen molar-refractivity contribution in [1.29, 1.82) is 0 Å². The number of nitrogens with zero attached hydrogens (tertiary/aromatic N) is 3. The molecule has 1 heterocycles. The highest BCUT2D eigenvalue weighted by molar-refractivity contribution is 7.88. The van der Waals surface area contributed by atoms with E-state index >= 15 is 0 Å². The van der Waals surface area contributed by atoms with Gasteiger partial charge in [-0.1, -0.05) is 19.9 Å². The average Bonchev–Trinajstić information content (AvgIpc) is 2.86. The van der Waals surface area contributed by atoms with E-state index in [-0.39, 0.29) is 10.8 Å². The molecule has 1 aliphatic heterocycles. The maximum absolute atomic E-state index is 11.9. The van der Waals surface area contributed by atoms with Gasteiger partial charge in [-0.15, -0.1) is 0 Å². The molecule has 6 nitrogen and oxygen atoms in total. The van der Waals surface area contributed by atoms with Gasteiger partial charge in [0, 0.05) is 37.1 Å². The monoisotopic (exact) mass is 449 g/mol. The van der Waals surface area contributed by atoms with Crippen LogP contribution in [0.4, 0.5) is 0 Å². The van der Waals surface area contributed by atoms with E-state index in [0.29, 0.717) is 36.8 Å². The van der Waals surface area contributed by atoms with Gasteiger partial charge in [0.05, 0.1) is 6.26 Å². The molecule has 7 heteroatoms. The number of fused-ring (bicyclic) bond motifs is 4. The van der Waals surface area contributed by atoms with E-state index in [1.54, 1.807) is 4.31 Å². The highest BCUT2D eigenvalue weighted by Crippen LogP contribution is 2.60. The predicted octanol–water partition coefficient (Wildman–Crippen LogP) is 2.52. The molecular formula is C24H39N3O3S. The SMILES string of the molecule is CN(C)C1[C@H](N(C)CC2CCN(S(C)(=O)=O)CC2)[C@]2(C)CC1(C)Cc1ccc(O)cc12. The van der Waals surface area contributed by atoms with Crippen molar-refractivity contribution >= 4 is 10.0 Å². The molecule has 4 rings (SSSR count). The first-order chi connectivity index (χ1) is 14.3. The fraction of sp³-hybridized carbons (Fsp3) is 0.750. The number of benzene rings is 1. The van der Waals surface area contributed by atoms with Crippen molar-refractivity contribution in [2.24, 2.45) is 11.3 Å². The molecular weight excluding hydrogens is 410 g/mol. The lowest BCUT2D eigenvalue weighted by atomic mass is 9.66. The van der Waals surface area contributed by atoms with E-state index in [4.69, 9.17) is 0 Å². The van der Waals surface area contributed by atoms with Gasteiger partial charge >= 0.3 is 0 Å². The highest BCUT2D eigenvalue weighted by atomic mass is 32.2. The zero-order valence-electron chi connectivity index (χ0n) is 19.9. The Morgan fingerprint density at radius 2 is 1.77 bits per heavy atom. The van der Waals surface area contributed by atoms with Crippen LogP contribution < -0.4 is 0 Å². The number of sulfonamides is 1. The van der Waals surface area contributed by atoms with E-state index in [0.717, 1.165) is 32.2 Å². The summed E-state index contributed by atoms with van der Waals surface area (Å²) in [6, 6.07) is 6.70. The van der Waals surface area contributed by atoms with Crippen LogP contribution >= 0.6 is 0 Å². The summed E-state index contributed by atoms with van der Waals surface area (Å²) in [7, 11) is 3.56. The molecule has 0 amide bonds. The van der Waals surface area contributed by atoms with Crippen LogP contribution in [0.1, 0.15) is 44.2 Å². The van der Waals surface area contributed by atoms with Crippen molar-refractivity contribution in [2.45, 2.75) is 57.0 Å². The van der Waals surface area contributed by atoms with Crippen molar-refractivity contribution in [1.82, 2.24) is 14.1 Å². The molecule has 0 spiro atoms. The Kier molecular flexibility index (Phi) is 5.73. The van der Waals surface area contributed by atoms with Gasteiger partial charge in [0.15, 0.2) is 0 Å². The highest BCUT2D eigenvalue weighted by Gasteiger charge is 2.62. The van der Waals surface area contributed by atoms with Crippen molar-refractivity contribution in [2.75, 3.05) is 47.0 Å². The maximum atomic E-state index is 11.9. The Bertz CT molecular complexity index is 941. The third-order valence-electron chi connectivity index (χ3n) is 8.36. The van der Waals surface area contributed by atoms with E-state index in [9.17, 15) is 13.5 Å². The molecule has 1 aromatic rings. The minimum atomic E-state index is -3.09. The largest absolute Gasteiger partial charge is 0.508 e. The first-order valence-corrected chi connectivity index (χ1v) is 13.3. The second-order valence-corrected chi connectivity index (χ2v) is 13.1. The molecule has 2 aliphatic carbocycles. The Balaban J connectivity index is 1.61. The van der Waals surface area contributed by atoms with Crippen LogP contribution in [0.2, 0.25) is 0 Å². The van der Waals surface area contributed by atoms with Gasteiger partial charge < -0.3 is 14.9 Å². The molecule has 2 fully saturated rings. The summed E-state index contributed by atoms with van der Waals surface area (Å²) in [6.07, 6.45) is 5.30. The summed E-state index contributed by atoms with van der Waals surface area (Å²) < 4.78 is 25.4. The number of hydrogen-bond donors (Lipinski definition) is 1. The Morgan fingerprint density at radius 1 is 1.13 bits per heavy atom. The molecule has 2 unspecified atom stereocenters. The average molecular weight is 450 g/mol. The van der Waals surface area contributed by atoms with Crippen molar-refractivity contribution in [3.63, 3.8) is 0 Å². The molecule has 0 aromatic heterocycles. The van der Waals surface area contributed by atoms with E-state index in [1.807, 2.05) is 12.1 Å². The van der Waals surface area contributed by atoms with Crippen LogP contribution in [0.5, 0.6) is 5.75 Å². The summed E-state index contributed by atoms with van der Waals surface area (Å²) in [5, 5.41) is 10.3. The molecule has 1 saturated carbocycles. The topological polar surface area (TPSA) is 64.1 Å². The third-order valence-corrected chi connectivity index (χ3v) is 9.66. The fourth-order valence-corrected chi connectivity index (χ4v) is 8.34. The number of likely N-dealkylation sites (N-methyl/N-ethyl adjacent to an activating group) is 2. The van der Waals surface area contributed by atoms with Crippen LogP contribution in [0.3, 0.4) is 0 Å². The zero-order chi connectivity index (χ0) is 22.8. The van der Waals surface area contributed by atoms with E-state index < -0.39 is 10.0 Å². The van der Waals surface area contributed by atoms with Crippen LogP contribution in [0, 0.1) is 11.3 Å². The number of piperidine rings is 1. The summed E-state index contributed by atoms with van der Waals surface area (Å²) in [4.78, 5) is 4.96. The van der Waals surface area contributed by atoms with Gasteiger partial charge in [-0.05, 0) is 81.4 Å². The van der Waals surface area contributed by atoms with Gasteiger partial charge in [0.25, 0.3) is 0 Å². The van der Waals surface area contributed by atoms with Gasteiger partial charge in [0.2, 0.25) is 10.0 Å². The second-order valence-electron chi connectivity index (χ2n) is 11.2. The number of phenolic OH excluding ortho intramolecular Hbond substituents is 1. The van der Waals surface area contributed by atoms with Crippen LogP contribution in [0.15, 0.2) is 18.2 Å². The number of hydrogen-bond acceptors (Lipinski definition) is 5. The molecule has 2 bridgehead atoms. The molecule has 1 saturated heterocycles.